The van der Waals surface area contributed by atoms with Crippen molar-refractivity contribution in [1.29, 1.82) is 0 Å². The van der Waals surface area contributed by atoms with Crippen molar-refractivity contribution < 1.29 is 9.53 Å². The summed E-state index contributed by atoms with van der Waals surface area (Å²) in [6.45, 7) is 5.07. The van der Waals surface area contributed by atoms with Gasteiger partial charge in [-0.1, -0.05) is 0 Å². The van der Waals surface area contributed by atoms with E-state index in [1.807, 2.05) is 4.90 Å². The van der Waals surface area contributed by atoms with E-state index < -0.39 is 0 Å². The number of hydrogen-bond donors (Lipinski definition) is 1. The van der Waals surface area contributed by atoms with Crippen LogP contribution >= 0.6 is 0 Å². The first-order chi connectivity index (χ1) is 7.72. The van der Waals surface area contributed by atoms with E-state index in [0.29, 0.717) is 25.1 Å². The first kappa shape index (κ1) is 11.9. The molecule has 2 aliphatic heterocycles. The van der Waals surface area contributed by atoms with Crippen LogP contribution in [0, 0.1) is 11.8 Å². The summed E-state index contributed by atoms with van der Waals surface area (Å²) >= 11 is 0. The summed E-state index contributed by atoms with van der Waals surface area (Å²) < 4.78 is 5.38. The molecule has 0 radical (unpaired) electrons. The smallest absolute Gasteiger partial charge is 0.228 e. The van der Waals surface area contributed by atoms with Gasteiger partial charge in [0.2, 0.25) is 5.91 Å². The molecule has 0 saturated carbocycles. The Morgan fingerprint density at radius 1 is 1.56 bits per heavy atom. The third-order valence-electron chi connectivity index (χ3n) is 3.79. The molecule has 0 aromatic heterocycles. The van der Waals surface area contributed by atoms with Crippen LogP contribution in [0.5, 0.6) is 0 Å². The monoisotopic (exact) mass is 226 g/mol. The van der Waals surface area contributed by atoms with Crippen molar-refractivity contribution in [3.05, 3.63) is 0 Å². The molecular formula is C12H22N2O2. The minimum Gasteiger partial charge on any atom is -0.381 e. The maximum atomic E-state index is 12.3. The number of nitrogens with zero attached hydrogens (tertiary/aromatic N) is 1. The summed E-state index contributed by atoms with van der Waals surface area (Å²) in [4.78, 5) is 14.3. The molecule has 4 heteroatoms. The summed E-state index contributed by atoms with van der Waals surface area (Å²) in [5.41, 5.74) is 5.67. The molecule has 0 aromatic carbocycles. The minimum absolute atomic E-state index is 0.0905. The number of carbonyl (C=O) groups is 1. The quantitative estimate of drug-likeness (QED) is 0.750. The first-order valence-electron chi connectivity index (χ1n) is 6.30. The molecule has 2 N–H and O–H groups in total. The van der Waals surface area contributed by atoms with Gasteiger partial charge in [0.1, 0.15) is 0 Å². The lowest BCUT2D eigenvalue weighted by Crippen LogP contribution is -2.41. The van der Waals surface area contributed by atoms with Crippen molar-refractivity contribution in [2.24, 2.45) is 17.6 Å². The third kappa shape index (κ3) is 2.38. The Morgan fingerprint density at radius 3 is 2.94 bits per heavy atom. The SMILES string of the molecule is CC1CC(CN)CN1C(=O)C1CCCOC1. The zero-order chi connectivity index (χ0) is 11.5. The van der Waals surface area contributed by atoms with Gasteiger partial charge in [0, 0.05) is 19.2 Å². The first-order valence-corrected chi connectivity index (χ1v) is 6.30. The maximum absolute atomic E-state index is 12.3. The van der Waals surface area contributed by atoms with Crippen LogP contribution in [-0.4, -0.2) is 43.2 Å². The Morgan fingerprint density at radius 2 is 2.38 bits per heavy atom. The number of nitrogens with two attached hydrogens (primary N) is 1. The van der Waals surface area contributed by atoms with E-state index in [1.54, 1.807) is 0 Å². The van der Waals surface area contributed by atoms with E-state index >= 15 is 0 Å². The van der Waals surface area contributed by atoms with Crippen LogP contribution in [0.3, 0.4) is 0 Å². The normalized spacial score (nSPS) is 35.4. The van der Waals surface area contributed by atoms with Gasteiger partial charge in [-0.3, -0.25) is 4.79 Å². The number of carbonyl (C=O) groups excluding carboxylic acids is 1. The van der Waals surface area contributed by atoms with Crippen LogP contribution in [0.2, 0.25) is 0 Å². The molecule has 0 spiro atoms. The Bertz CT molecular complexity index is 251. The molecule has 3 atom stereocenters. The Labute approximate surface area is 97.1 Å². The van der Waals surface area contributed by atoms with Gasteiger partial charge >= 0.3 is 0 Å². The van der Waals surface area contributed by atoms with Gasteiger partial charge in [0.15, 0.2) is 0 Å². The summed E-state index contributed by atoms with van der Waals surface area (Å²) in [7, 11) is 0. The molecule has 0 bridgehead atoms. The van der Waals surface area contributed by atoms with Gasteiger partial charge in [-0.05, 0) is 38.6 Å². The molecule has 0 aromatic rings. The minimum atomic E-state index is 0.0905. The zero-order valence-corrected chi connectivity index (χ0v) is 10.0. The highest BCUT2D eigenvalue weighted by molar-refractivity contribution is 5.79. The van der Waals surface area contributed by atoms with E-state index in [1.165, 1.54) is 0 Å². The van der Waals surface area contributed by atoms with Crippen molar-refractivity contribution >= 4 is 5.91 Å². The molecule has 2 saturated heterocycles. The molecule has 2 heterocycles. The summed E-state index contributed by atoms with van der Waals surface area (Å²) in [6, 6.07) is 0.350. The standard InChI is InChI=1S/C12H22N2O2/c1-9-5-10(6-13)7-14(9)12(15)11-3-2-4-16-8-11/h9-11H,2-8,13H2,1H3. The van der Waals surface area contributed by atoms with Gasteiger partial charge in [-0.2, -0.15) is 0 Å². The molecule has 2 fully saturated rings. The van der Waals surface area contributed by atoms with Crippen LogP contribution < -0.4 is 5.73 Å². The van der Waals surface area contributed by atoms with Gasteiger partial charge in [0.25, 0.3) is 0 Å². The Balaban J connectivity index is 1.93. The topological polar surface area (TPSA) is 55.6 Å². The van der Waals surface area contributed by atoms with Crippen molar-refractivity contribution in [3.8, 4) is 0 Å². The van der Waals surface area contributed by atoms with E-state index in [2.05, 4.69) is 6.92 Å². The van der Waals surface area contributed by atoms with E-state index in [9.17, 15) is 4.79 Å². The van der Waals surface area contributed by atoms with E-state index in [0.717, 1.165) is 32.4 Å². The molecule has 0 aliphatic carbocycles. The molecule has 2 rings (SSSR count). The lowest BCUT2D eigenvalue weighted by Gasteiger charge is -2.29. The number of amides is 1. The highest BCUT2D eigenvalue weighted by atomic mass is 16.5. The van der Waals surface area contributed by atoms with Crippen LogP contribution in [0.1, 0.15) is 26.2 Å². The van der Waals surface area contributed by atoms with Crippen molar-refractivity contribution in [3.63, 3.8) is 0 Å². The largest absolute Gasteiger partial charge is 0.381 e. The van der Waals surface area contributed by atoms with Crippen molar-refractivity contribution in [2.75, 3.05) is 26.3 Å². The van der Waals surface area contributed by atoms with Crippen LogP contribution in [-0.2, 0) is 9.53 Å². The maximum Gasteiger partial charge on any atom is 0.228 e. The summed E-state index contributed by atoms with van der Waals surface area (Å²) in [5.74, 6) is 0.860. The second-order valence-corrected chi connectivity index (χ2v) is 5.09. The summed E-state index contributed by atoms with van der Waals surface area (Å²) in [5, 5.41) is 0. The fourth-order valence-corrected chi connectivity index (χ4v) is 2.79. The number of ether oxygens (including phenoxy) is 1. The third-order valence-corrected chi connectivity index (χ3v) is 3.79. The van der Waals surface area contributed by atoms with Crippen molar-refractivity contribution in [2.45, 2.75) is 32.2 Å². The average molecular weight is 226 g/mol. The second-order valence-electron chi connectivity index (χ2n) is 5.09. The van der Waals surface area contributed by atoms with E-state index in [4.69, 9.17) is 10.5 Å². The number of hydrogen-bond acceptors (Lipinski definition) is 3. The van der Waals surface area contributed by atoms with Gasteiger partial charge in [-0.25, -0.2) is 0 Å². The second kappa shape index (κ2) is 5.15. The van der Waals surface area contributed by atoms with Gasteiger partial charge in [-0.15, -0.1) is 0 Å². The lowest BCUT2D eigenvalue weighted by molar-refractivity contribution is -0.140. The molecule has 92 valence electrons. The summed E-state index contributed by atoms with van der Waals surface area (Å²) in [6.07, 6.45) is 3.05. The van der Waals surface area contributed by atoms with Crippen LogP contribution in [0.15, 0.2) is 0 Å². The molecule has 4 nitrogen and oxygen atoms in total. The number of rotatable bonds is 2. The highest BCUT2D eigenvalue weighted by Crippen LogP contribution is 2.26. The fraction of sp³-hybridized carbons (Fsp3) is 0.917. The predicted molar refractivity (Wildman–Crippen MR) is 61.9 cm³/mol. The van der Waals surface area contributed by atoms with Gasteiger partial charge < -0.3 is 15.4 Å². The molecular weight excluding hydrogens is 204 g/mol. The van der Waals surface area contributed by atoms with Crippen LogP contribution in [0.4, 0.5) is 0 Å². The number of likely N-dealkylation sites (tertiary alicyclic amines) is 1. The van der Waals surface area contributed by atoms with Crippen molar-refractivity contribution in [1.82, 2.24) is 4.90 Å². The lowest BCUT2D eigenvalue weighted by atomic mass is 10.0. The Hall–Kier alpha value is -0.610. The van der Waals surface area contributed by atoms with E-state index in [-0.39, 0.29) is 11.8 Å². The van der Waals surface area contributed by atoms with Crippen LogP contribution in [0.25, 0.3) is 0 Å². The Kier molecular flexibility index (Phi) is 3.82. The predicted octanol–water partition coefficient (Wildman–Crippen LogP) is 0.609. The molecule has 3 unspecified atom stereocenters. The zero-order valence-electron chi connectivity index (χ0n) is 10.0. The fourth-order valence-electron chi connectivity index (χ4n) is 2.79. The average Bonchev–Trinajstić information content (AvgIpc) is 2.71. The molecule has 1 amide bonds. The van der Waals surface area contributed by atoms with Gasteiger partial charge in [0.05, 0.1) is 12.5 Å². The highest BCUT2D eigenvalue weighted by Gasteiger charge is 2.35. The molecule has 2 aliphatic rings. The molecule has 16 heavy (non-hydrogen) atoms.